The van der Waals surface area contributed by atoms with Crippen LogP contribution in [0.2, 0.25) is 0 Å². The van der Waals surface area contributed by atoms with Gasteiger partial charge in [0.2, 0.25) is 0 Å². The Hall–Kier alpha value is -2.07. The van der Waals surface area contributed by atoms with Crippen molar-refractivity contribution in [1.29, 1.82) is 0 Å². The number of nitrogens with zero attached hydrogens (tertiary/aromatic N) is 1. The Bertz CT molecular complexity index is 627. The number of rotatable bonds is 4. The van der Waals surface area contributed by atoms with Crippen LogP contribution in [0.1, 0.15) is 24.1 Å². The Morgan fingerprint density at radius 3 is 3.11 bits per heavy atom. The molecule has 18 heavy (non-hydrogen) atoms. The van der Waals surface area contributed by atoms with E-state index in [2.05, 4.69) is 28.5 Å². The predicted molar refractivity (Wildman–Crippen MR) is 70.1 cm³/mol. The number of hydrogen-bond acceptors (Lipinski definition) is 3. The molecular formula is C14H15N3O. The lowest BCUT2D eigenvalue weighted by atomic mass is 10.1. The molecule has 2 N–H and O–H groups in total. The van der Waals surface area contributed by atoms with Gasteiger partial charge in [-0.3, -0.25) is 5.10 Å². The Morgan fingerprint density at radius 1 is 1.39 bits per heavy atom. The van der Waals surface area contributed by atoms with E-state index in [9.17, 15) is 0 Å². The zero-order valence-electron chi connectivity index (χ0n) is 10.2. The molecule has 92 valence electrons. The molecule has 0 amide bonds. The molecule has 1 aromatic carbocycles. The highest BCUT2D eigenvalue weighted by Crippen LogP contribution is 2.21. The van der Waals surface area contributed by atoms with E-state index in [1.807, 2.05) is 36.9 Å². The van der Waals surface area contributed by atoms with Gasteiger partial charge in [-0.15, -0.1) is 0 Å². The van der Waals surface area contributed by atoms with Crippen molar-refractivity contribution in [2.75, 3.05) is 0 Å². The molecule has 0 radical (unpaired) electrons. The minimum Gasteiger partial charge on any atom is -0.464 e. The SMILES string of the molecule is CC(NCc1coc2ccccc12)c1cn[nH]c1. The smallest absolute Gasteiger partial charge is 0.134 e. The second-order valence-corrected chi connectivity index (χ2v) is 4.39. The number of furan rings is 1. The van der Waals surface area contributed by atoms with Gasteiger partial charge in [0.05, 0.1) is 12.5 Å². The third kappa shape index (κ3) is 2.02. The van der Waals surface area contributed by atoms with E-state index < -0.39 is 0 Å². The first kappa shape index (κ1) is 11.0. The predicted octanol–water partition coefficient (Wildman–Crippen LogP) is 3.01. The fourth-order valence-corrected chi connectivity index (χ4v) is 2.05. The molecular weight excluding hydrogens is 226 g/mol. The minimum absolute atomic E-state index is 0.261. The third-order valence-corrected chi connectivity index (χ3v) is 3.18. The monoisotopic (exact) mass is 241 g/mol. The highest BCUT2D eigenvalue weighted by molar-refractivity contribution is 5.80. The van der Waals surface area contributed by atoms with Crippen LogP contribution in [0.5, 0.6) is 0 Å². The average Bonchev–Trinajstić information content (AvgIpc) is 3.06. The number of benzene rings is 1. The van der Waals surface area contributed by atoms with Gasteiger partial charge in [-0.2, -0.15) is 5.10 Å². The van der Waals surface area contributed by atoms with Crippen LogP contribution >= 0.6 is 0 Å². The summed E-state index contributed by atoms with van der Waals surface area (Å²) in [6.45, 7) is 2.90. The molecule has 3 aromatic rings. The summed E-state index contributed by atoms with van der Waals surface area (Å²) >= 11 is 0. The molecule has 1 atom stereocenters. The summed E-state index contributed by atoms with van der Waals surface area (Å²) in [6.07, 6.45) is 5.57. The molecule has 0 spiro atoms. The van der Waals surface area contributed by atoms with E-state index in [1.54, 1.807) is 0 Å². The quantitative estimate of drug-likeness (QED) is 0.738. The molecule has 2 aromatic heterocycles. The molecule has 0 bridgehead atoms. The first-order chi connectivity index (χ1) is 8.84. The van der Waals surface area contributed by atoms with Gasteiger partial charge in [-0.25, -0.2) is 0 Å². The van der Waals surface area contributed by atoms with Crippen molar-refractivity contribution in [3.8, 4) is 0 Å². The number of aromatic nitrogens is 2. The first-order valence-corrected chi connectivity index (χ1v) is 6.02. The molecule has 0 aliphatic heterocycles. The molecule has 0 saturated heterocycles. The molecule has 1 unspecified atom stereocenters. The summed E-state index contributed by atoms with van der Waals surface area (Å²) in [7, 11) is 0. The van der Waals surface area contributed by atoms with Crippen LogP contribution < -0.4 is 5.32 Å². The van der Waals surface area contributed by atoms with E-state index in [0.29, 0.717) is 0 Å². The Kier molecular flexibility index (Phi) is 2.86. The van der Waals surface area contributed by atoms with Crippen molar-refractivity contribution in [2.24, 2.45) is 0 Å². The lowest BCUT2D eigenvalue weighted by Gasteiger charge is -2.10. The number of para-hydroxylation sites is 1. The van der Waals surface area contributed by atoms with Gasteiger partial charge >= 0.3 is 0 Å². The maximum atomic E-state index is 5.51. The Balaban J connectivity index is 1.73. The number of fused-ring (bicyclic) bond motifs is 1. The van der Waals surface area contributed by atoms with Gasteiger partial charge in [-0.05, 0) is 13.0 Å². The molecule has 0 fully saturated rings. The van der Waals surface area contributed by atoms with Gasteiger partial charge in [0.15, 0.2) is 0 Å². The molecule has 4 nitrogen and oxygen atoms in total. The van der Waals surface area contributed by atoms with Crippen LogP contribution in [0.25, 0.3) is 11.0 Å². The molecule has 0 aliphatic carbocycles. The highest BCUT2D eigenvalue weighted by Gasteiger charge is 2.08. The average molecular weight is 241 g/mol. The maximum Gasteiger partial charge on any atom is 0.134 e. The van der Waals surface area contributed by atoms with Gasteiger partial charge < -0.3 is 9.73 Å². The first-order valence-electron chi connectivity index (χ1n) is 6.02. The molecule has 0 aliphatic rings. The summed E-state index contributed by atoms with van der Waals surface area (Å²) in [4.78, 5) is 0. The van der Waals surface area contributed by atoms with Crippen molar-refractivity contribution in [3.63, 3.8) is 0 Å². The van der Waals surface area contributed by atoms with Crippen LogP contribution in [0.3, 0.4) is 0 Å². The van der Waals surface area contributed by atoms with Crippen molar-refractivity contribution >= 4 is 11.0 Å². The van der Waals surface area contributed by atoms with Gasteiger partial charge in [0, 0.05) is 35.3 Å². The zero-order chi connectivity index (χ0) is 12.4. The van der Waals surface area contributed by atoms with Crippen LogP contribution in [-0.4, -0.2) is 10.2 Å². The van der Waals surface area contributed by atoms with Crippen molar-refractivity contribution in [1.82, 2.24) is 15.5 Å². The van der Waals surface area contributed by atoms with Crippen LogP contribution in [0.4, 0.5) is 0 Å². The normalized spacial score (nSPS) is 12.9. The van der Waals surface area contributed by atoms with E-state index in [1.165, 1.54) is 10.9 Å². The lowest BCUT2D eigenvalue weighted by molar-refractivity contribution is 0.562. The standard InChI is InChI=1S/C14H15N3O/c1-10(11-7-16-17-8-11)15-6-12-9-18-14-5-3-2-4-13(12)14/h2-5,7-10,15H,6H2,1H3,(H,16,17). The van der Waals surface area contributed by atoms with Crippen molar-refractivity contribution < 1.29 is 4.42 Å². The number of nitrogens with one attached hydrogen (secondary N) is 2. The Morgan fingerprint density at radius 2 is 2.28 bits per heavy atom. The van der Waals surface area contributed by atoms with E-state index in [-0.39, 0.29) is 6.04 Å². The topological polar surface area (TPSA) is 53.9 Å². The maximum absolute atomic E-state index is 5.51. The fourth-order valence-electron chi connectivity index (χ4n) is 2.05. The molecule has 3 rings (SSSR count). The minimum atomic E-state index is 0.261. The molecule has 2 heterocycles. The fraction of sp³-hybridized carbons (Fsp3) is 0.214. The van der Waals surface area contributed by atoms with Gasteiger partial charge in [-0.1, -0.05) is 18.2 Å². The highest BCUT2D eigenvalue weighted by atomic mass is 16.3. The number of aromatic amines is 1. The Labute approximate surface area is 105 Å². The lowest BCUT2D eigenvalue weighted by Crippen LogP contribution is -2.17. The second kappa shape index (κ2) is 4.66. The van der Waals surface area contributed by atoms with Gasteiger partial charge in [0.25, 0.3) is 0 Å². The summed E-state index contributed by atoms with van der Waals surface area (Å²) in [5.74, 6) is 0. The van der Waals surface area contributed by atoms with E-state index in [0.717, 1.165) is 17.7 Å². The van der Waals surface area contributed by atoms with Crippen LogP contribution in [-0.2, 0) is 6.54 Å². The summed E-state index contributed by atoms with van der Waals surface area (Å²) in [6, 6.07) is 8.34. The van der Waals surface area contributed by atoms with Crippen LogP contribution in [0, 0.1) is 0 Å². The second-order valence-electron chi connectivity index (χ2n) is 4.39. The summed E-state index contributed by atoms with van der Waals surface area (Å²) in [5.41, 5.74) is 3.27. The largest absolute Gasteiger partial charge is 0.464 e. The summed E-state index contributed by atoms with van der Waals surface area (Å²) < 4.78 is 5.51. The van der Waals surface area contributed by atoms with Crippen LogP contribution in [0.15, 0.2) is 47.3 Å². The number of hydrogen-bond donors (Lipinski definition) is 2. The third-order valence-electron chi connectivity index (χ3n) is 3.18. The number of H-pyrrole nitrogens is 1. The molecule has 0 saturated carbocycles. The zero-order valence-corrected chi connectivity index (χ0v) is 10.2. The summed E-state index contributed by atoms with van der Waals surface area (Å²) in [5, 5.41) is 11.4. The van der Waals surface area contributed by atoms with Crippen molar-refractivity contribution in [2.45, 2.75) is 19.5 Å². The van der Waals surface area contributed by atoms with E-state index >= 15 is 0 Å². The molecule has 4 heteroatoms. The van der Waals surface area contributed by atoms with Crippen molar-refractivity contribution in [3.05, 3.63) is 54.0 Å². The van der Waals surface area contributed by atoms with Gasteiger partial charge in [0.1, 0.15) is 5.58 Å². The van der Waals surface area contributed by atoms with E-state index in [4.69, 9.17) is 4.42 Å².